The van der Waals surface area contributed by atoms with E-state index in [2.05, 4.69) is 86.3 Å². The third kappa shape index (κ3) is 2.90. The van der Waals surface area contributed by atoms with E-state index in [9.17, 15) is 0 Å². The number of hydrogen-bond acceptors (Lipinski definition) is 2. The lowest BCUT2D eigenvalue weighted by Gasteiger charge is -2.30. The lowest BCUT2D eigenvalue weighted by Crippen LogP contribution is -2.27. The van der Waals surface area contributed by atoms with Crippen molar-refractivity contribution in [3.63, 3.8) is 0 Å². The number of para-hydroxylation sites is 3. The first kappa shape index (κ1) is 13.5. The van der Waals surface area contributed by atoms with Gasteiger partial charge in [0.1, 0.15) is 0 Å². The maximum absolute atomic E-state index is 2.30. The van der Waals surface area contributed by atoms with Crippen LogP contribution < -0.4 is 9.80 Å². The van der Waals surface area contributed by atoms with Gasteiger partial charge < -0.3 is 9.80 Å². The van der Waals surface area contributed by atoms with Gasteiger partial charge in [0.25, 0.3) is 0 Å². The first-order valence-electron chi connectivity index (χ1n) is 6.72. The largest absolute Gasteiger partial charge is 0.370 e. The van der Waals surface area contributed by atoms with E-state index in [1.807, 2.05) is 6.07 Å². The fourth-order valence-corrected chi connectivity index (χ4v) is 2.11. The Morgan fingerprint density at radius 3 is 1.84 bits per heavy atom. The van der Waals surface area contributed by atoms with E-state index in [-0.39, 0.29) is 0 Å². The van der Waals surface area contributed by atoms with Crippen molar-refractivity contribution in [1.29, 1.82) is 0 Å². The van der Waals surface area contributed by atoms with Gasteiger partial charge in [0, 0.05) is 25.8 Å². The standard InChI is InChI=1S/C17H22N2/c1-14(2)18(3)16-12-8-9-13-17(16)19(4)15-10-6-5-7-11-15/h5-14H,1-4H3. The molecular formula is C17H22N2. The predicted octanol–water partition coefficient (Wildman–Crippen LogP) is 4.30. The van der Waals surface area contributed by atoms with Crippen molar-refractivity contribution in [3.8, 4) is 0 Å². The van der Waals surface area contributed by atoms with Gasteiger partial charge in [-0.25, -0.2) is 0 Å². The summed E-state index contributed by atoms with van der Waals surface area (Å²) in [7, 11) is 4.25. The van der Waals surface area contributed by atoms with Crippen molar-refractivity contribution >= 4 is 17.1 Å². The Labute approximate surface area is 116 Å². The average molecular weight is 254 g/mol. The fourth-order valence-electron chi connectivity index (χ4n) is 2.11. The van der Waals surface area contributed by atoms with Crippen molar-refractivity contribution in [2.24, 2.45) is 0 Å². The van der Waals surface area contributed by atoms with Crippen molar-refractivity contribution < 1.29 is 0 Å². The Kier molecular flexibility index (Phi) is 4.10. The molecule has 0 saturated carbocycles. The summed E-state index contributed by atoms with van der Waals surface area (Å²) in [6.07, 6.45) is 0. The zero-order chi connectivity index (χ0) is 13.8. The summed E-state index contributed by atoms with van der Waals surface area (Å²) >= 11 is 0. The first-order chi connectivity index (χ1) is 9.11. The third-order valence-corrected chi connectivity index (χ3v) is 3.54. The SMILES string of the molecule is CC(C)N(C)c1ccccc1N(C)c1ccccc1. The van der Waals surface area contributed by atoms with E-state index in [1.54, 1.807) is 0 Å². The molecule has 0 fully saturated rings. The molecule has 0 radical (unpaired) electrons. The summed E-state index contributed by atoms with van der Waals surface area (Å²) in [6, 6.07) is 19.5. The molecule has 19 heavy (non-hydrogen) atoms. The van der Waals surface area contributed by atoms with Crippen molar-refractivity contribution in [1.82, 2.24) is 0 Å². The summed E-state index contributed by atoms with van der Waals surface area (Å²) < 4.78 is 0. The van der Waals surface area contributed by atoms with Crippen LogP contribution in [-0.4, -0.2) is 20.1 Å². The molecule has 0 aromatic heterocycles. The van der Waals surface area contributed by atoms with Gasteiger partial charge in [-0.3, -0.25) is 0 Å². The Balaban J connectivity index is 2.40. The second-order valence-electron chi connectivity index (χ2n) is 5.09. The van der Waals surface area contributed by atoms with Crippen LogP contribution in [0.4, 0.5) is 17.1 Å². The van der Waals surface area contributed by atoms with Crippen LogP contribution in [0.5, 0.6) is 0 Å². The number of benzene rings is 2. The Bertz CT molecular complexity index is 520. The third-order valence-electron chi connectivity index (χ3n) is 3.54. The van der Waals surface area contributed by atoms with Gasteiger partial charge in [0.2, 0.25) is 0 Å². The van der Waals surface area contributed by atoms with Crippen LogP contribution in [0.25, 0.3) is 0 Å². The summed E-state index contributed by atoms with van der Waals surface area (Å²) in [5, 5.41) is 0. The molecule has 0 aliphatic rings. The number of anilines is 3. The van der Waals surface area contributed by atoms with Crippen LogP contribution in [-0.2, 0) is 0 Å². The monoisotopic (exact) mass is 254 g/mol. The number of nitrogens with zero attached hydrogens (tertiary/aromatic N) is 2. The maximum Gasteiger partial charge on any atom is 0.0645 e. The minimum atomic E-state index is 0.477. The van der Waals surface area contributed by atoms with E-state index in [0.717, 1.165) is 0 Å². The quantitative estimate of drug-likeness (QED) is 0.802. The van der Waals surface area contributed by atoms with Gasteiger partial charge >= 0.3 is 0 Å². The van der Waals surface area contributed by atoms with Crippen molar-refractivity contribution in [3.05, 3.63) is 54.6 Å². The molecule has 0 heterocycles. The van der Waals surface area contributed by atoms with E-state index < -0.39 is 0 Å². The number of rotatable bonds is 4. The van der Waals surface area contributed by atoms with Crippen molar-refractivity contribution in [2.75, 3.05) is 23.9 Å². The zero-order valence-corrected chi connectivity index (χ0v) is 12.2. The molecule has 2 nitrogen and oxygen atoms in total. The van der Waals surface area contributed by atoms with Crippen LogP contribution in [0.1, 0.15) is 13.8 Å². The van der Waals surface area contributed by atoms with E-state index in [4.69, 9.17) is 0 Å². The number of hydrogen-bond donors (Lipinski definition) is 0. The van der Waals surface area contributed by atoms with Gasteiger partial charge in [0.15, 0.2) is 0 Å². The second-order valence-corrected chi connectivity index (χ2v) is 5.09. The van der Waals surface area contributed by atoms with Gasteiger partial charge in [-0.15, -0.1) is 0 Å². The molecule has 0 aliphatic carbocycles. The molecule has 0 bridgehead atoms. The summed E-state index contributed by atoms with van der Waals surface area (Å²) in [5.74, 6) is 0. The molecule has 0 saturated heterocycles. The summed E-state index contributed by atoms with van der Waals surface area (Å²) in [6.45, 7) is 4.42. The molecule has 0 atom stereocenters. The molecule has 2 aromatic carbocycles. The second kappa shape index (κ2) is 5.79. The smallest absolute Gasteiger partial charge is 0.0645 e. The maximum atomic E-state index is 2.30. The molecule has 2 rings (SSSR count). The highest BCUT2D eigenvalue weighted by molar-refractivity contribution is 5.76. The average Bonchev–Trinajstić information content (AvgIpc) is 2.46. The minimum Gasteiger partial charge on any atom is -0.370 e. The van der Waals surface area contributed by atoms with Crippen LogP contribution in [0.3, 0.4) is 0 Å². The van der Waals surface area contributed by atoms with Gasteiger partial charge in [-0.1, -0.05) is 30.3 Å². The van der Waals surface area contributed by atoms with Gasteiger partial charge in [0.05, 0.1) is 11.4 Å². The molecule has 2 aromatic rings. The van der Waals surface area contributed by atoms with Gasteiger partial charge in [-0.05, 0) is 38.1 Å². The first-order valence-corrected chi connectivity index (χ1v) is 6.72. The Hall–Kier alpha value is -1.96. The molecule has 100 valence electrons. The van der Waals surface area contributed by atoms with E-state index >= 15 is 0 Å². The van der Waals surface area contributed by atoms with E-state index in [1.165, 1.54) is 17.1 Å². The Morgan fingerprint density at radius 1 is 0.737 bits per heavy atom. The highest BCUT2D eigenvalue weighted by Gasteiger charge is 2.13. The minimum absolute atomic E-state index is 0.477. The van der Waals surface area contributed by atoms with E-state index in [0.29, 0.717) is 6.04 Å². The van der Waals surface area contributed by atoms with Crippen LogP contribution >= 0.6 is 0 Å². The van der Waals surface area contributed by atoms with Crippen molar-refractivity contribution in [2.45, 2.75) is 19.9 Å². The molecule has 2 heteroatoms. The van der Waals surface area contributed by atoms with Crippen LogP contribution in [0.15, 0.2) is 54.6 Å². The molecular weight excluding hydrogens is 232 g/mol. The van der Waals surface area contributed by atoms with Crippen LogP contribution in [0.2, 0.25) is 0 Å². The molecule has 0 spiro atoms. The van der Waals surface area contributed by atoms with Crippen LogP contribution in [0, 0.1) is 0 Å². The molecule has 0 aliphatic heterocycles. The molecule has 0 unspecified atom stereocenters. The molecule has 0 amide bonds. The lowest BCUT2D eigenvalue weighted by atomic mass is 10.2. The predicted molar refractivity (Wildman–Crippen MR) is 84.5 cm³/mol. The highest BCUT2D eigenvalue weighted by atomic mass is 15.2. The zero-order valence-electron chi connectivity index (χ0n) is 12.2. The summed E-state index contributed by atoms with van der Waals surface area (Å²) in [5.41, 5.74) is 3.68. The summed E-state index contributed by atoms with van der Waals surface area (Å²) in [4.78, 5) is 4.53. The highest BCUT2D eigenvalue weighted by Crippen LogP contribution is 2.33. The topological polar surface area (TPSA) is 6.48 Å². The van der Waals surface area contributed by atoms with Gasteiger partial charge in [-0.2, -0.15) is 0 Å². The normalized spacial score (nSPS) is 10.6. The fraction of sp³-hybridized carbons (Fsp3) is 0.294. The molecule has 0 N–H and O–H groups in total. The lowest BCUT2D eigenvalue weighted by molar-refractivity contribution is 0.754. The Morgan fingerprint density at radius 2 is 1.26 bits per heavy atom.